The highest BCUT2D eigenvalue weighted by atomic mass is 14.4. The Morgan fingerprint density at radius 2 is 1.08 bits per heavy atom. The predicted molar refractivity (Wildman–Crippen MR) is 111 cm³/mol. The monoisotopic (exact) mass is 344 g/mol. The first-order chi connectivity index (χ1) is 12.1. The molecule has 0 heteroatoms. The summed E-state index contributed by atoms with van der Waals surface area (Å²) in [6.07, 6.45) is 21.3. The zero-order valence-corrected chi connectivity index (χ0v) is 17.6. The minimum atomic E-state index is 0.949. The van der Waals surface area contributed by atoms with Crippen LogP contribution < -0.4 is 0 Å². The lowest BCUT2D eigenvalue weighted by Gasteiger charge is -2.44. The Balaban J connectivity index is 1.42. The van der Waals surface area contributed by atoms with E-state index in [1.54, 1.807) is 25.7 Å². The molecule has 0 saturated heterocycles. The molecule has 2 unspecified atom stereocenters. The van der Waals surface area contributed by atoms with Crippen LogP contribution in [0.2, 0.25) is 0 Å². The molecular weight excluding hydrogens is 300 g/mol. The summed E-state index contributed by atoms with van der Waals surface area (Å²) in [5.74, 6) is 8.14. The van der Waals surface area contributed by atoms with Gasteiger partial charge in [-0.25, -0.2) is 0 Å². The summed E-state index contributed by atoms with van der Waals surface area (Å²) in [6, 6.07) is 0. The molecule has 0 aromatic heterocycles. The molecule has 3 fully saturated rings. The number of allylic oxidation sites excluding steroid dienone is 2. The molecule has 3 aliphatic rings. The van der Waals surface area contributed by atoms with Crippen molar-refractivity contribution in [1.82, 2.24) is 0 Å². The van der Waals surface area contributed by atoms with E-state index in [0.717, 1.165) is 47.3 Å². The van der Waals surface area contributed by atoms with Crippen LogP contribution in [0.25, 0.3) is 0 Å². The Hall–Kier alpha value is -0.260. The largest absolute Gasteiger partial charge is 0.0917 e. The third kappa shape index (κ3) is 4.92. The highest BCUT2D eigenvalue weighted by molar-refractivity contribution is 4.89. The molecule has 144 valence electrons. The van der Waals surface area contributed by atoms with Gasteiger partial charge in [0.05, 0.1) is 0 Å². The van der Waals surface area contributed by atoms with Crippen molar-refractivity contribution in [2.75, 3.05) is 0 Å². The van der Waals surface area contributed by atoms with Crippen LogP contribution in [-0.4, -0.2) is 0 Å². The summed E-state index contributed by atoms with van der Waals surface area (Å²) in [7, 11) is 0. The Bertz CT molecular complexity index is 394. The summed E-state index contributed by atoms with van der Waals surface area (Å²) < 4.78 is 0. The Labute approximate surface area is 158 Å². The van der Waals surface area contributed by atoms with E-state index in [9.17, 15) is 0 Å². The first-order valence-electron chi connectivity index (χ1n) is 11.7. The van der Waals surface area contributed by atoms with E-state index < -0.39 is 0 Å². The fourth-order valence-electron chi connectivity index (χ4n) is 6.74. The fourth-order valence-corrected chi connectivity index (χ4v) is 6.74. The van der Waals surface area contributed by atoms with Gasteiger partial charge in [0, 0.05) is 0 Å². The smallest absolute Gasteiger partial charge is 0.0322 e. The van der Waals surface area contributed by atoms with Gasteiger partial charge in [0.1, 0.15) is 0 Å². The second-order valence-corrected chi connectivity index (χ2v) is 10.3. The van der Waals surface area contributed by atoms with Crippen LogP contribution in [0.4, 0.5) is 0 Å². The van der Waals surface area contributed by atoms with Gasteiger partial charge in [-0.15, -0.1) is 0 Å². The highest BCUT2D eigenvalue weighted by Crippen LogP contribution is 2.48. The first kappa shape index (κ1) is 19.5. The molecule has 0 aromatic carbocycles. The molecule has 0 spiro atoms. The molecule has 2 atom stereocenters. The van der Waals surface area contributed by atoms with Gasteiger partial charge < -0.3 is 0 Å². The number of hydrogen-bond acceptors (Lipinski definition) is 0. The molecule has 25 heavy (non-hydrogen) atoms. The Morgan fingerprint density at radius 3 is 1.56 bits per heavy atom. The molecule has 3 saturated carbocycles. The Kier molecular flexibility index (Phi) is 7.09. The maximum atomic E-state index is 2.52. The second kappa shape index (κ2) is 9.09. The summed E-state index contributed by atoms with van der Waals surface area (Å²) in [5, 5.41) is 0. The molecule has 0 nitrogen and oxygen atoms in total. The van der Waals surface area contributed by atoms with Crippen molar-refractivity contribution in [3.8, 4) is 0 Å². The van der Waals surface area contributed by atoms with Crippen molar-refractivity contribution in [2.24, 2.45) is 47.3 Å². The van der Waals surface area contributed by atoms with Crippen LogP contribution in [0.15, 0.2) is 12.2 Å². The molecule has 0 heterocycles. The SMILES string of the molecule is C/C=C/CC1CCC(C2CCC(C3CC(C)C(C)C(C)C3)CC2)CC1. The molecule has 0 aliphatic heterocycles. The van der Waals surface area contributed by atoms with E-state index >= 15 is 0 Å². The lowest BCUT2D eigenvalue weighted by atomic mass is 9.61. The van der Waals surface area contributed by atoms with Crippen molar-refractivity contribution in [1.29, 1.82) is 0 Å². The topological polar surface area (TPSA) is 0 Å². The van der Waals surface area contributed by atoms with E-state index in [0.29, 0.717) is 0 Å². The quantitative estimate of drug-likeness (QED) is 0.455. The van der Waals surface area contributed by atoms with E-state index in [1.165, 1.54) is 44.9 Å². The van der Waals surface area contributed by atoms with Crippen molar-refractivity contribution in [2.45, 2.75) is 98.3 Å². The van der Waals surface area contributed by atoms with Gasteiger partial charge in [-0.3, -0.25) is 0 Å². The zero-order chi connectivity index (χ0) is 17.8. The highest BCUT2D eigenvalue weighted by Gasteiger charge is 2.37. The molecular formula is C25H44. The van der Waals surface area contributed by atoms with Crippen LogP contribution >= 0.6 is 0 Å². The molecule has 0 amide bonds. The molecule has 3 aliphatic carbocycles. The van der Waals surface area contributed by atoms with Gasteiger partial charge in [-0.05, 0) is 125 Å². The van der Waals surface area contributed by atoms with E-state index in [1.807, 2.05) is 0 Å². The first-order valence-corrected chi connectivity index (χ1v) is 11.7. The minimum absolute atomic E-state index is 0.949. The molecule has 0 N–H and O–H groups in total. The van der Waals surface area contributed by atoms with Gasteiger partial charge in [0.25, 0.3) is 0 Å². The summed E-state index contributed by atoms with van der Waals surface area (Å²) in [4.78, 5) is 0. The standard InChI is InChI=1S/C25H44/c1-5-6-7-21-8-10-22(11-9-21)23-12-14-24(15-13-23)25-16-18(2)20(4)19(3)17-25/h5-6,18-25H,7-17H2,1-4H3/b6-5+. The van der Waals surface area contributed by atoms with Gasteiger partial charge in [-0.1, -0.05) is 32.9 Å². The average molecular weight is 345 g/mol. The normalized spacial score (nSPS) is 46.4. The van der Waals surface area contributed by atoms with Gasteiger partial charge in [0.15, 0.2) is 0 Å². The molecule has 3 rings (SSSR count). The lowest BCUT2D eigenvalue weighted by Crippen LogP contribution is -2.34. The van der Waals surface area contributed by atoms with E-state index in [-0.39, 0.29) is 0 Å². The van der Waals surface area contributed by atoms with Crippen molar-refractivity contribution in [3.63, 3.8) is 0 Å². The van der Waals surface area contributed by atoms with Crippen LogP contribution in [0.5, 0.6) is 0 Å². The van der Waals surface area contributed by atoms with Crippen molar-refractivity contribution < 1.29 is 0 Å². The van der Waals surface area contributed by atoms with Crippen LogP contribution in [0, 0.1) is 47.3 Å². The van der Waals surface area contributed by atoms with Gasteiger partial charge in [-0.2, -0.15) is 0 Å². The van der Waals surface area contributed by atoms with Gasteiger partial charge in [0.2, 0.25) is 0 Å². The van der Waals surface area contributed by atoms with Crippen LogP contribution in [0.1, 0.15) is 98.3 Å². The third-order valence-electron chi connectivity index (χ3n) is 8.89. The zero-order valence-electron chi connectivity index (χ0n) is 17.6. The minimum Gasteiger partial charge on any atom is -0.0917 e. The summed E-state index contributed by atoms with van der Waals surface area (Å²) >= 11 is 0. The van der Waals surface area contributed by atoms with Gasteiger partial charge >= 0.3 is 0 Å². The number of hydrogen-bond donors (Lipinski definition) is 0. The molecule has 0 radical (unpaired) electrons. The maximum Gasteiger partial charge on any atom is -0.0322 e. The third-order valence-corrected chi connectivity index (χ3v) is 8.89. The predicted octanol–water partition coefficient (Wildman–Crippen LogP) is 7.88. The van der Waals surface area contributed by atoms with E-state index in [2.05, 4.69) is 39.8 Å². The number of rotatable bonds is 4. The Morgan fingerprint density at radius 1 is 0.640 bits per heavy atom. The average Bonchev–Trinajstić information content (AvgIpc) is 2.64. The molecule has 0 bridgehead atoms. The lowest BCUT2D eigenvalue weighted by molar-refractivity contribution is 0.0645. The maximum absolute atomic E-state index is 2.52. The molecule has 0 aromatic rings. The van der Waals surface area contributed by atoms with Crippen molar-refractivity contribution >= 4 is 0 Å². The summed E-state index contributed by atoms with van der Waals surface area (Å²) in [5.41, 5.74) is 0. The summed E-state index contributed by atoms with van der Waals surface area (Å²) in [6.45, 7) is 9.70. The van der Waals surface area contributed by atoms with E-state index in [4.69, 9.17) is 0 Å². The fraction of sp³-hybridized carbons (Fsp3) is 0.920. The van der Waals surface area contributed by atoms with Crippen LogP contribution in [0.3, 0.4) is 0 Å². The second-order valence-electron chi connectivity index (χ2n) is 10.3. The van der Waals surface area contributed by atoms with Crippen LogP contribution in [-0.2, 0) is 0 Å². The van der Waals surface area contributed by atoms with Crippen molar-refractivity contribution in [3.05, 3.63) is 12.2 Å².